The van der Waals surface area contributed by atoms with E-state index in [0.717, 1.165) is 38.5 Å². The van der Waals surface area contributed by atoms with E-state index in [9.17, 15) is 0 Å². The zero-order valence-corrected chi connectivity index (χ0v) is 11.1. The molecular weight excluding hydrogens is 224 g/mol. The highest BCUT2D eigenvalue weighted by molar-refractivity contribution is 5.52. The Bertz CT molecular complexity index is 438. The number of ether oxygens (including phenoxy) is 1. The SMILES string of the molecule is CC1(CN2Cc3cccc(N)c3C2)CCOCC1. The van der Waals surface area contributed by atoms with Crippen LogP contribution >= 0.6 is 0 Å². The van der Waals surface area contributed by atoms with Crippen molar-refractivity contribution in [2.45, 2.75) is 32.9 Å². The summed E-state index contributed by atoms with van der Waals surface area (Å²) in [5.74, 6) is 0. The second-order valence-electron chi connectivity index (χ2n) is 6.05. The molecule has 3 heteroatoms. The van der Waals surface area contributed by atoms with Crippen LogP contribution < -0.4 is 5.73 Å². The molecule has 0 aromatic heterocycles. The summed E-state index contributed by atoms with van der Waals surface area (Å²) in [4.78, 5) is 2.53. The molecule has 2 heterocycles. The summed E-state index contributed by atoms with van der Waals surface area (Å²) in [6, 6.07) is 6.28. The fourth-order valence-electron chi connectivity index (χ4n) is 3.19. The van der Waals surface area contributed by atoms with Gasteiger partial charge in [-0.3, -0.25) is 4.90 Å². The Kier molecular flexibility index (Phi) is 3.04. The van der Waals surface area contributed by atoms with Crippen molar-refractivity contribution in [1.82, 2.24) is 4.90 Å². The fourth-order valence-corrected chi connectivity index (χ4v) is 3.19. The van der Waals surface area contributed by atoms with Gasteiger partial charge < -0.3 is 10.5 Å². The zero-order chi connectivity index (χ0) is 12.6. The topological polar surface area (TPSA) is 38.5 Å². The van der Waals surface area contributed by atoms with Crippen molar-refractivity contribution in [1.29, 1.82) is 0 Å². The Morgan fingerprint density at radius 3 is 2.78 bits per heavy atom. The monoisotopic (exact) mass is 246 g/mol. The van der Waals surface area contributed by atoms with E-state index in [0.29, 0.717) is 5.41 Å². The summed E-state index contributed by atoms with van der Waals surface area (Å²) in [5, 5.41) is 0. The van der Waals surface area contributed by atoms with Crippen LogP contribution in [-0.4, -0.2) is 24.7 Å². The molecule has 18 heavy (non-hydrogen) atoms. The summed E-state index contributed by atoms with van der Waals surface area (Å²) >= 11 is 0. The zero-order valence-electron chi connectivity index (χ0n) is 11.1. The van der Waals surface area contributed by atoms with E-state index in [1.54, 1.807) is 0 Å². The molecule has 0 unspecified atom stereocenters. The van der Waals surface area contributed by atoms with E-state index in [1.807, 2.05) is 6.07 Å². The first kappa shape index (κ1) is 12.0. The van der Waals surface area contributed by atoms with Crippen LogP contribution in [0.1, 0.15) is 30.9 Å². The number of nitrogens with two attached hydrogens (primary N) is 1. The molecule has 3 nitrogen and oxygen atoms in total. The molecule has 0 saturated carbocycles. The second-order valence-corrected chi connectivity index (χ2v) is 6.05. The van der Waals surface area contributed by atoms with Crippen LogP contribution in [0.15, 0.2) is 18.2 Å². The van der Waals surface area contributed by atoms with Crippen LogP contribution in [0.3, 0.4) is 0 Å². The van der Waals surface area contributed by atoms with Gasteiger partial charge in [-0.25, -0.2) is 0 Å². The predicted molar refractivity (Wildman–Crippen MR) is 73.1 cm³/mol. The van der Waals surface area contributed by atoms with Crippen LogP contribution in [-0.2, 0) is 17.8 Å². The largest absolute Gasteiger partial charge is 0.398 e. The minimum atomic E-state index is 0.412. The van der Waals surface area contributed by atoms with Crippen molar-refractivity contribution in [2.24, 2.45) is 5.41 Å². The summed E-state index contributed by atoms with van der Waals surface area (Å²) in [6.07, 6.45) is 2.35. The third-order valence-corrected chi connectivity index (χ3v) is 4.39. The average Bonchev–Trinajstić information content (AvgIpc) is 2.73. The molecule has 0 radical (unpaired) electrons. The highest BCUT2D eigenvalue weighted by atomic mass is 16.5. The molecule has 2 aliphatic heterocycles. The van der Waals surface area contributed by atoms with Crippen molar-refractivity contribution >= 4 is 5.69 Å². The second kappa shape index (κ2) is 4.56. The predicted octanol–water partition coefficient (Wildman–Crippen LogP) is 2.40. The van der Waals surface area contributed by atoms with Gasteiger partial charge in [0.15, 0.2) is 0 Å². The molecule has 3 rings (SSSR count). The molecule has 1 aromatic carbocycles. The highest BCUT2D eigenvalue weighted by Gasteiger charge is 2.32. The molecule has 1 aromatic rings. The van der Waals surface area contributed by atoms with Crippen LogP contribution in [0.25, 0.3) is 0 Å². The molecule has 0 spiro atoms. The first-order chi connectivity index (χ1) is 8.66. The highest BCUT2D eigenvalue weighted by Crippen LogP contribution is 2.35. The van der Waals surface area contributed by atoms with Crippen LogP contribution in [0.5, 0.6) is 0 Å². The van der Waals surface area contributed by atoms with Crippen molar-refractivity contribution < 1.29 is 4.74 Å². The Morgan fingerprint density at radius 2 is 2.06 bits per heavy atom. The molecule has 1 fully saturated rings. The maximum absolute atomic E-state index is 6.05. The van der Waals surface area contributed by atoms with Gasteiger partial charge in [0.2, 0.25) is 0 Å². The Balaban J connectivity index is 1.69. The van der Waals surface area contributed by atoms with Crippen LogP contribution in [0.4, 0.5) is 5.69 Å². The number of fused-ring (bicyclic) bond motifs is 1. The number of rotatable bonds is 2. The maximum Gasteiger partial charge on any atom is 0.0471 e. The molecule has 0 atom stereocenters. The molecule has 0 amide bonds. The Labute approximate surface area is 109 Å². The average molecular weight is 246 g/mol. The number of nitrogen functional groups attached to an aromatic ring is 1. The molecular formula is C15H22N2O. The Morgan fingerprint density at radius 1 is 1.28 bits per heavy atom. The van der Waals surface area contributed by atoms with Crippen molar-refractivity contribution in [3.63, 3.8) is 0 Å². The molecule has 2 aliphatic rings. The lowest BCUT2D eigenvalue weighted by atomic mass is 9.82. The van der Waals surface area contributed by atoms with E-state index in [4.69, 9.17) is 10.5 Å². The van der Waals surface area contributed by atoms with E-state index in [2.05, 4.69) is 24.0 Å². The summed E-state index contributed by atoms with van der Waals surface area (Å²) in [5.41, 5.74) is 10.2. The first-order valence-electron chi connectivity index (χ1n) is 6.83. The fraction of sp³-hybridized carbons (Fsp3) is 0.600. The molecule has 98 valence electrons. The third-order valence-electron chi connectivity index (χ3n) is 4.39. The van der Waals surface area contributed by atoms with E-state index in [1.165, 1.54) is 24.0 Å². The van der Waals surface area contributed by atoms with Gasteiger partial charge in [0, 0.05) is 38.5 Å². The molecule has 2 N–H and O–H groups in total. The van der Waals surface area contributed by atoms with Crippen LogP contribution in [0, 0.1) is 5.41 Å². The van der Waals surface area contributed by atoms with Gasteiger partial charge in [-0.15, -0.1) is 0 Å². The first-order valence-corrected chi connectivity index (χ1v) is 6.83. The lowest BCUT2D eigenvalue weighted by Gasteiger charge is -2.36. The number of benzene rings is 1. The van der Waals surface area contributed by atoms with Crippen molar-refractivity contribution in [2.75, 3.05) is 25.5 Å². The standard InChI is InChI=1S/C15H22N2O/c1-15(5-7-18-8-6-15)11-17-9-12-3-2-4-14(16)13(12)10-17/h2-4H,5-11,16H2,1H3. The summed E-state index contributed by atoms with van der Waals surface area (Å²) in [7, 11) is 0. The number of nitrogens with zero attached hydrogens (tertiary/aromatic N) is 1. The van der Waals surface area contributed by atoms with E-state index >= 15 is 0 Å². The quantitative estimate of drug-likeness (QED) is 0.814. The van der Waals surface area contributed by atoms with E-state index < -0.39 is 0 Å². The van der Waals surface area contributed by atoms with Gasteiger partial charge in [0.05, 0.1) is 0 Å². The smallest absolute Gasteiger partial charge is 0.0471 e. The summed E-state index contributed by atoms with van der Waals surface area (Å²) < 4.78 is 5.47. The number of anilines is 1. The van der Waals surface area contributed by atoms with Gasteiger partial charge in [0.25, 0.3) is 0 Å². The molecule has 0 aliphatic carbocycles. The lowest BCUT2D eigenvalue weighted by molar-refractivity contribution is 0.00432. The molecule has 0 bridgehead atoms. The van der Waals surface area contributed by atoms with E-state index in [-0.39, 0.29) is 0 Å². The third kappa shape index (κ3) is 2.25. The maximum atomic E-state index is 6.05. The van der Waals surface area contributed by atoms with Gasteiger partial charge >= 0.3 is 0 Å². The van der Waals surface area contributed by atoms with Gasteiger partial charge in [0.1, 0.15) is 0 Å². The van der Waals surface area contributed by atoms with Crippen molar-refractivity contribution in [3.05, 3.63) is 29.3 Å². The normalized spacial score (nSPS) is 22.9. The van der Waals surface area contributed by atoms with Gasteiger partial charge in [-0.1, -0.05) is 19.1 Å². The number of hydrogen-bond acceptors (Lipinski definition) is 3. The summed E-state index contributed by atoms with van der Waals surface area (Å²) in [6.45, 7) is 7.44. The van der Waals surface area contributed by atoms with Crippen LogP contribution in [0.2, 0.25) is 0 Å². The van der Waals surface area contributed by atoms with Crippen molar-refractivity contribution in [3.8, 4) is 0 Å². The lowest BCUT2D eigenvalue weighted by Crippen LogP contribution is -2.37. The minimum Gasteiger partial charge on any atom is -0.398 e. The molecule has 1 saturated heterocycles. The number of hydrogen-bond donors (Lipinski definition) is 1. The van der Waals surface area contributed by atoms with Gasteiger partial charge in [-0.05, 0) is 35.4 Å². The van der Waals surface area contributed by atoms with Gasteiger partial charge in [-0.2, -0.15) is 0 Å². The minimum absolute atomic E-state index is 0.412. The Hall–Kier alpha value is -1.06.